The number of thiophene rings is 5. The van der Waals surface area contributed by atoms with E-state index in [4.69, 9.17) is 58.0 Å². The topological polar surface area (TPSA) is 142 Å². The molecule has 0 saturated heterocycles. The molecule has 0 amide bonds. The van der Waals surface area contributed by atoms with Crippen molar-refractivity contribution in [2.75, 3.05) is 0 Å². The molecule has 0 unspecified atom stereocenters. The smallest absolute Gasteiger partial charge is 0.223 e. The van der Waals surface area contributed by atoms with Crippen LogP contribution in [-0.4, -0.2) is 54.8 Å². The highest BCUT2D eigenvalue weighted by atomic mass is 79.9. The second-order valence-corrected chi connectivity index (χ2v) is 34.0. The lowest BCUT2D eigenvalue weighted by Gasteiger charge is -2.10. The van der Waals surface area contributed by atoms with Crippen LogP contribution in [-0.2, 0) is 32.1 Å². The van der Waals surface area contributed by atoms with Crippen LogP contribution in [0.25, 0.3) is 138 Å². The molecule has 11 heterocycles. The Morgan fingerprint density at radius 3 is 1.27 bits per heavy atom. The van der Waals surface area contributed by atoms with Crippen molar-refractivity contribution in [2.45, 2.75) is 39.0 Å². The third kappa shape index (κ3) is 13.7. The molecular formula is C75H39Br5Cl5F2N11S5. The quantitative estimate of drug-likeness (QED) is 0.152. The molecule has 0 radical (unpaired) electrons. The zero-order valence-corrected chi connectivity index (χ0v) is 68.3. The Morgan fingerprint density at radius 1 is 0.369 bits per heavy atom. The zero-order valence-electron chi connectivity index (χ0n) is 52.5. The van der Waals surface area contributed by atoms with Gasteiger partial charge in [-0.15, -0.1) is 56.7 Å². The summed E-state index contributed by atoms with van der Waals surface area (Å²) in [6.07, 6.45) is 26.9. The van der Waals surface area contributed by atoms with Gasteiger partial charge in [0, 0.05) is 72.4 Å². The minimum atomic E-state index is -0.291. The van der Waals surface area contributed by atoms with Crippen molar-refractivity contribution < 1.29 is 8.78 Å². The summed E-state index contributed by atoms with van der Waals surface area (Å²) in [7, 11) is 0. The molecule has 0 N–H and O–H groups in total. The van der Waals surface area contributed by atoms with Crippen molar-refractivity contribution in [2.24, 2.45) is 0 Å². The summed E-state index contributed by atoms with van der Waals surface area (Å²) in [5.74, 6) is -0.469. The Bertz CT molecular complexity index is 6080. The summed E-state index contributed by atoms with van der Waals surface area (Å²) in [6.45, 7) is 2.07. The largest absolute Gasteiger partial charge is 0.260 e. The van der Waals surface area contributed by atoms with Gasteiger partial charge in [-0.25, -0.2) is 58.6 Å². The van der Waals surface area contributed by atoms with E-state index in [1.807, 2.05) is 64.2 Å². The highest BCUT2D eigenvalue weighted by Gasteiger charge is 2.26. The lowest BCUT2D eigenvalue weighted by Crippen LogP contribution is -1.96. The fourth-order valence-electron chi connectivity index (χ4n) is 12.8. The average molecular weight is 1870 g/mol. The molecular weight excluding hydrogens is 1830 g/mol. The fraction of sp³-hybridized carbons (Fsp3) is 0.0800. The number of hydrogen-bond acceptors (Lipinski definition) is 16. The number of hydrogen-bond donors (Lipinski definition) is 0. The summed E-state index contributed by atoms with van der Waals surface area (Å²) in [5.41, 5.74) is 23.8. The van der Waals surface area contributed by atoms with Gasteiger partial charge in [-0.1, -0.05) is 103 Å². The van der Waals surface area contributed by atoms with Crippen LogP contribution in [0.4, 0.5) is 8.78 Å². The van der Waals surface area contributed by atoms with Gasteiger partial charge in [0.2, 0.25) is 26.4 Å². The van der Waals surface area contributed by atoms with Crippen molar-refractivity contribution in [3.05, 3.63) is 246 Å². The molecule has 0 aliphatic heterocycles. The van der Waals surface area contributed by atoms with Crippen LogP contribution in [0.5, 0.6) is 0 Å². The number of aromatic nitrogens is 11. The number of rotatable bonds is 5. The molecule has 11 nitrogen and oxygen atoms in total. The molecule has 103 heavy (non-hydrogen) atoms. The Balaban J connectivity index is 0.0000000994. The Kier molecular flexibility index (Phi) is 20.5. The Hall–Kier alpha value is -6.36. The van der Waals surface area contributed by atoms with E-state index in [2.05, 4.69) is 214 Å². The minimum absolute atomic E-state index is 0.121. The number of fused-ring (bicyclic) bond motifs is 10. The molecule has 28 heteroatoms. The van der Waals surface area contributed by atoms with Crippen LogP contribution in [0.2, 0.25) is 26.4 Å². The summed E-state index contributed by atoms with van der Waals surface area (Å²) >= 11 is 55.9. The van der Waals surface area contributed by atoms with Gasteiger partial charge in [-0.3, -0.25) is 4.98 Å². The molecule has 11 aromatic heterocycles. The predicted molar refractivity (Wildman–Crippen MR) is 444 cm³/mol. The van der Waals surface area contributed by atoms with Gasteiger partial charge >= 0.3 is 0 Å². The molecule has 508 valence electrons. The molecule has 4 aromatic carbocycles. The van der Waals surface area contributed by atoms with Crippen molar-refractivity contribution in [1.82, 2.24) is 54.8 Å². The standard InChI is InChI=1S/C16H10BrClN2S.2C15H7BrClFN2S.C15H8BrClN2S.C14H7BrClN3S/c1-8-12(17)14-15(21-8)13(19-16(18)20-14)11-7-3-5-9-4-2-6-10(9)11;16-10-6-21-14-12(19-15(17)20-13(10)14)9-4-5-11(18)8-3-1-2-7(8)9;16-9-6-21-14-12(9)19-15(17)20-13(14)11-8-3-1-2-7(8)4-5-10(11)18;16-11-7-20-14-12(18-15(17)19-13(11)14)10-6-2-4-8-3-1-5-9(8)10;15-9-6-20-13-11(18-14(16)19-12(9)13)8-4-5-17-10-3-1-2-7(8)10/h2-3,5-7H,4H2,1H3;1-2,4-6H,3H2;1,3-6H,2H2;1-2,4-7H,3H2;1-2,4-6H,3H2. The van der Waals surface area contributed by atoms with E-state index in [1.165, 1.54) is 50.6 Å². The Labute approximate surface area is 673 Å². The SMILES string of the molecule is Cc1sc2c(-c3cccc4c3C=CC4)nc(Cl)nc2c1Br.Clc1nc(-c2cccc3c2C=CC3)c2scc(Br)c2n1.Clc1nc(-c2ccnc3c2C=CC3)c2scc(Br)c2n1.Fc1ccc(-c2nc(Cl)nc3c(Br)csc23)c2c1CC=C2.Fc1ccc2c(c1-c1nc(Cl)nc3c(Br)csc13)C=CC2. The molecule has 0 atom stereocenters. The van der Waals surface area contributed by atoms with E-state index in [0.29, 0.717) is 28.8 Å². The maximum absolute atomic E-state index is 14.5. The third-order valence-corrected chi connectivity index (χ3v) is 28.1. The highest BCUT2D eigenvalue weighted by Crippen LogP contribution is 2.47. The number of allylic oxidation sites excluding steroid dienone is 5. The summed E-state index contributed by atoms with van der Waals surface area (Å²) in [6, 6.07) is 21.2. The van der Waals surface area contributed by atoms with Gasteiger partial charge in [-0.2, -0.15) is 0 Å². The van der Waals surface area contributed by atoms with Gasteiger partial charge in [0.15, 0.2) is 0 Å². The fourth-order valence-corrected chi connectivity index (χ4v) is 21.6. The van der Waals surface area contributed by atoms with Gasteiger partial charge in [0.05, 0.1) is 80.0 Å². The van der Waals surface area contributed by atoms with Crippen LogP contribution in [0.3, 0.4) is 0 Å². The zero-order chi connectivity index (χ0) is 71.1. The van der Waals surface area contributed by atoms with Crippen LogP contribution in [0.1, 0.15) is 60.6 Å². The lowest BCUT2D eigenvalue weighted by molar-refractivity contribution is 0.615. The first-order valence-corrected chi connectivity index (χ1v) is 41.3. The second-order valence-electron chi connectivity index (χ2n) is 23.4. The molecule has 20 rings (SSSR count). The predicted octanol–water partition coefficient (Wildman–Crippen LogP) is 26.7. The van der Waals surface area contributed by atoms with Crippen LogP contribution < -0.4 is 0 Å². The van der Waals surface area contributed by atoms with E-state index in [0.717, 1.165) is 167 Å². The van der Waals surface area contributed by atoms with E-state index >= 15 is 0 Å². The average Bonchev–Trinajstić information content (AvgIpc) is 1.67. The van der Waals surface area contributed by atoms with Crippen molar-refractivity contribution in [3.63, 3.8) is 0 Å². The van der Waals surface area contributed by atoms with Crippen LogP contribution in [0.15, 0.2) is 147 Å². The lowest BCUT2D eigenvalue weighted by atomic mass is 10.00. The van der Waals surface area contributed by atoms with Gasteiger partial charge in [-0.05, 0) is 239 Å². The first-order valence-electron chi connectivity index (χ1n) is 31.1. The maximum Gasteiger partial charge on any atom is 0.223 e. The van der Waals surface area contributed by atoms with Gasteiger partial charge < -0.3 is 0 Å². The minimum Gasteiger partial charge on any atom is -0.260 e. The number of halogens is 12. The molecule has 15 aromatic rings. The van der Waals surface area contributed by atoms with Crippen molar-refractivity contribution in [3.8, 4) is 56.3 Å². The molecule has 0 bridgehead atoms. The van der Waals surface area contributed by atoms with Crippen LogP contribution in [0, 0.1) is 18.6 Å². The van der Waals surface area contributed by atoms with Crippen molar-refractivity contribution >= 4 is 276 Å². The summed E-state index contributed by atoms with van der Waals surface area (Å²) in [5, 5.41) is 9.05. The maximum atomic E-state index is 14.5. The molecule has 0 spiro atoms. The number of nitrogens with zero attached hydrogens (tertiary/aromatic N) is 11. The Morgan fingerprint density at radius 2 is 0.757 bits per heavy atom. The number of aryl methyl sites for hydroxylation is 1. The highest BCUT2D eigenvalue weighted by molar-refractivity contribution is 9.11. The number of pyridine rings is 1. The van der Waals surface area contributed by atoms with E-state index in [-0.39, 0.29) is 38.1 Å². The van der Waals surface area contributed by atoms with Crippen molar-refractivity contribution in [1.29, 1.82) is 0 Å². The van der Waals surface area contributed by atoms with Gasteiger partial charge in [0.25, 0.3) is 0 Å². The molecule has 0 fully saturated rings. The molecule has 5 aliphatic rings. The van der Waals surface area contributed by atoms with Gasteiger partial charge in [0.1, 0.15) is 39.2 Å². The normalized spacial score (nSPS) is 13.1. The summed E-state index contributed by atoms with van der Waals surface area (Å²) in [4.78, 5) is 49.2. The first kappa shape index (κ1) is 70.9. The molecule has 5 aliphatic carbocycles. The first-order chi connectivity index (χ1) is 49.9. The monoisotopic (exact) mass is 1860 g/mol. The van der Waals surface area contributed by atoms with E-state index in [1.54, 1.807) is 51.4 Å². The second kappa shape index (κ2) is 29.8. The van der Waals surface area contributed by atoms with E-state index < -0.39 is 0 Å². The van der Waals surface area contributed by atoms with E-state index in [9.17, 15) is 8.78 Å². The molecule has 0 saturated carbocycles. The summed E-state index contributed by atoms with van der Waals surface area (Å²) < 4.78 is 38.0. The third-order valence-electron chi connectivity index (χ3n) is 17.4. The van der Waals surface area contributed by atoms with Crippen LogP contribution >= 0.6 is 194 Å². The number of benzene rings is 4.